The van der Waals surface area contributed by atoms with E-state index in [1.807, 2.05) is 6.92 Å². The van der Waals surface area contributed by atoms with Crippen molar-refractivity contribution in [3.8, 4) is 10.4 Å². The monoisotopic (exact) mass is 507 g/mol. The number of rotatable bonds is 7. The fourth-order valence-corrected chi connectivity index (χ4v) is 5.51. The number of nitrogens with one attached hydrogen (secondary N) is 3. The second-order valence-corrected chi connectivity index (χ2v) is 10.4. The normalized spacial score (nSPS) is 22.4. The number of benzene rings is 1. The van der Waals surface area contributed by atoms with Gasteiger partial charge in [0.05, 0.1) is 10.9 Å². The number of guanidine groups is 1. The summed E-state index contributed by atoms with van der Waals surface area (Å²) in [4.78, 5) is 33.6. The third-order valence-electron chi connectivity index (χ3n) is 5.97. The number of imide groups is 1. The van der Waals surface area contributed by atoms with Crippen LogP contribution in [0.3, 0.4) is 0 Å². The maximum atomic E-state index is 11.8. The van der Waals surface area contributed by atoms with Crippen molar-refractivity contribution < 1.29 is 9.59 Å². The van der Waals surface area contributed by atoms with E-state index in [1.54, 1.807) is 23.5 Å². The van der Waals surface area contributed by atoms with E-state index < -0.39 is 5.91 Å². The number of thiophene rings is 1. The first kappa shape index (κ1) is 25.1. The minimum absolute atomic E-state index is 0.166. The lowest BCUT2D eigenvalue weighted by molar-refractivity contribution is -0.115. The predicted octanol–water partition coefficient (Wildman–Crippen LogP) is 5.23. The van der Waals surface area contributed by atoms with E-state index in [0.29, 0.717) is 22.6 Å². The molecule has 2 fully saturated rings. The van der Waals surface area contributed by atoms with Gasteiger partial charge in [0.2, 0.25) is 5.96 Å². The van der Waals surface area contributed by atoms with E-state index >= 15 is 0 Å². The molecule has 4 rings (SSSR count). The largest absolute Gasteiger partial charge is 0.325 e. The van der Waals surface area contributed by atoms with Gasteiger partial charge in [-0.05, 0) is 85.8 Å². The van der Waals surface area contributed by atoms with Gasteiger partial charge in [-0.3, -0.25) is 14.9 Å². The quantitative estimate of drug-likeness (QED) is 0.271. The highest BCUT2D eigenvalue weighted by Gasteiger charge is 2.25. The van der Waals surface area contributed by atoms with Crippen LogP contribution in [0.1, 0.15) is 38.2 Å². The second kappa shape index (κ2) is 12.1. The Morgan fingerprint density at radius 2 is 2.03 bits per heavy atom. The summed E-state index contributed by atoms with van der Waals surface area (Å²) in [5, 5.41) is 10.8. The standard InChI is InChI=1S/C26H29N5O2S2/c1-3-19(15-23-24(32)31-26(33)35-23)29-25(27-2)30-21-11-9-20(10-12-21)28-16-17-6-4-7-18(14-17)22-8-5-13-34-22/h3-8,13-15,20-21,28H,2,9-12,16H2,1H3,(H,29,30)(H,31,32,33)/b19-3-,23-15-. The van der Waals surface area contributed by atoms with Gasteiger partial charge in [0, 0.05) is 23.2 Å². The van der Waals surface area contributed by atoms with Crippen LogP contribution < -0.4 is 16.0 Å². The fraction of sp³-hybridized carbons (Fsp3) is 0.308. The Kier molecular flexibility index (Phi) is 8.68. The lowest BCUT2D eigenvalue weighted by Gasteiger charge is -2.27. The van der Waals surface area contributed by atoms with Crippen molar-refractivity contribution in [3.05, 3.63) is 70.1 Å². The van der Waals surface area contributed by atoms with Crippen LogP contribution >= 0.6 is 23.1 Å². The first-order valence-electron chi connectivity index (χ1n) is 11.6. The van der Waals surface area contributed by atoms with E-state index in [9.17, 15) is 9.59 Å². The van der Waals surface area contributed by atoms with Crippen molar-refractivity contribution in [2.45, 2.75) is 51.2 Å². The van der Waals surface area contributed by atoms with E-state index in [0.717, 1.165) is 44.0 Å². The van der Waals surface area contributed by atoms with Crippen molar-refractivity contribution in [1.82, 2.24) is 16.0 Å². The molecule has 1 saturated carbocycles. The lowest BCUT2D eigenvalue weighted by Crippen LogP contribution is -2.34. The Hall–Kier alpha value is -3.01. The van der Waals surface area contributed by atoms with Crippen molar-refractivity contribution in [2.75, 3.05) is 0 Å². The Morgan fingerprint density at radius 3 is 2.69 bits per heavy atom. The highest BCUT2D eigenvalue weighted by Crippen LogP contribution is 2.26. The molecule has 7 nitrogen and oxygen atoms in total. The molecule has 1 aromatic heterocycles. The number of carbonyl (C=O) groups excluding carboxylic acids is 2. The molecule has 1 saturated heterocycles. The molecule has 0 bridgehead atoms. The molecule has 0 radical (unpaired) electrons. The van der Waals surface area contributed by atoms with Gasteiger partial charge in [0.1, 0.15) is 0 Å². The molecule has 0 atom stereocenters. The average Bonchev–Trinajstić information content (AvgIpc) is 3.52. The zero-order valence-corrected chi connectivity index (χ0v) is 21.3. The Morgan fingerprint density at radius 1 is 1.20 bits per heavy atom. The molecule has 2 heterocycles. The third kappa shape index (κ3) is 7.00. The molecule has 2 amide bonds. The molecular weight excluding hydrogens is 478 g/mol. The fourth-order valence-electron chi connectivity index (χ4n) is 4.12. The molecule has 9 heteroatoms. The van der Waals surface area contributed by atoms with Gasteiger partial charge in [-0.25, -0.2) is 9.98 Å². The first-order valence-corrected chi connectivity index (χ1v) is 13.3. The number of hydrogen-bond donors (Lipinski definition) is 3. The summed E-state index contributed by atoms with van der Waals surface area (Å²) in [6, 6.07) is 13.6. The molecule has 2 aromatic rings. The van der Waals surface area contributed by atoms with E-state index in [2.05, 4.69) is 69.4 Å². The minimum atomic E-state index is -0.393. The van der Waals surface area contributed by atoms with Gasteiger partial charge in [0.15, 0.2) is 0 Å². The van der Waals surface area contributed by atoms with Crippen LogP contribution in [0.4, 0.5) is 4.79 Å². The molecular formula is C26H29N5O2S2. The third-order valence-corrected chi connectivity index (χ3v) is 7.70. The van der Waals surface area contributed by atoms with Crippen LogP contribution in [0.2, 0.25) is 0 Å². The van der Waals surface area contributed by atoms with Gasteiger partial charge in [-0.1, -0.05) is 30.3 Å². The highest BCUT2D eigenvalue weighted by atomic mass is 32.2. The molecule has 3 N–H and O–H groups in total. The molecule has 0 unspecified atom stereocenters. The number of amides is 2. The van der Waals surface area contributed by atoms with Gasteiger partial charge in [-0.15, -0.1) is 11.3 Å². The van der Waals surface area contributed by atoms with Gasteiger partial charge in [0.25, 0.3) is 11.1 Å². The van der Waals surface area contributed by atoms with E-state index in [4.69, 9.17) is 4.99 Å². The predicted molar refractivity (Wildman–Crippen MR) is 146 cm³/mol. The second-order valence-electron chi connectivity index (χ2n) is 8.40. The average molecular weight is 508 g/mol. The van der Waals surface area contributed by atoms with Crippen LogP contribution in [-0.4, -0.2) is 35.9 Å². The van der Waals surface area contributed by atoms with Crippen LogP contribution in [0.15, 0.2) is 74.5 Å². The van der Waals surface area contributed by atoms with Crippen LogP contribution in [0.25, 0.3) is 10.4 Å². The lowest BCUT2D eigenvalue weighted by atomic mass is 9.91. The maximum Gasteiger partial charge on any atom is 0.290 e. The number of hydrogen-bond acceptors (Lipinski definition) is 6. The summed E-state index contributed by atoms with van der Waals surface area (Å²) in [5.74, 6) is 0.0294. The summed E-state index contributed by atoms with van der Waals surface area (Å²) in [6.07, 6.45) is 7.45. The molecule has 1 aromatic carbocycles. The van der Waals surface area contributed by atoms with Crippen molar-refractivity contribution in [3.63, 3.8) is 0 Å². The molecule has 35 heavy (non-hydrogen) atoms. The zero-order valence-electron chi connectivity index (χ0n) is 19.6. The number of allylic oxidation sites excluding steroid dienone is 2. The summed E-state index contributed by atoms with van der Waals surface area (Å²) >= 11 is 2.64. The Labute approximate surface area is 213 Å². The van der Waals surface area contributed by atoms with Crippen molar-refractivity contribution in [2.24, 2.45) is 9.98 Å². The summed E-state index contributed by atoms with van der Waals surface area (Å²) in [6.45, 7) is 6.33. The van der Waals surface area contributed by atoms with E-state index in [-0.39, 0.29) is 11.3 Å². The number of thioether (sulfide) groups is 1. The van der Waals surface area contributed by atoms with Crippen LogP contribution in [-0.2, 0) is 11.3 Å². The maximum absolute atomic E-state index is 11.8. The molecule has 182 valence electrons. The smallest absolute Gasteiger partial charge is 0.290 e. The molecule has 1 aliphatic heterocycles. The highest BCUT2D eigenvalue weighted by molar-refractivity contribution is 8.18. The van der Waals surface area contributed by atoms with Gasteiger partial charge >= 0.3 is 0 Å². The van der Waals surface area contributed by atoms with Crippen molar-refractivity contribution in [1.29, 1.82) is 0 Å². The summed E-state index contributed by atoms with van der Waals surface area (Å²) in [7, 11) is 0. The zero-order chi connectivity index (χ0) is 24.6. The van der Waals surface area contributed by atoms with Crippen LogP contribution in [0.5, 0.6) is 0 Å². The number of carbonyl (C=O) groups is 2. The molecule has 1 aliphatic carbocycles. The Bertz CT molecular complexity index is 1160. The topological polar surface area (TPSA) is 94.9 Å². The minimum Gasteiger partial charge on any atom is -0.325 e. The first-order chi connectivity index (χ1) is 17.0. The number of nitrogens with zero attached hydrogens (tertiary/aromatic N) is 2. The van der Waals surface area contributed by atoms with E-state index in [1.165, 1.54) is 16.0 Å². The van der Waals surface area contributed by atoms with Crippen molar-refractivity contribution >= 4 is 46.9 Å². The Balaban J connectivity index is 1.27. The van der Waals surface area contributed by atoms with Gasteiger partial charge < -0.3 is 10.6 Å². The van der Waals surface area contributed by atoms with Crippen LogP contribution in [0, 0.1) is 0 Å². The summed E-state index contributed by atoms with van der Waals surface area (Å²) < 4.78 is 0. The van der Waals surface area contributed by atoms with Gasteiger partial charge in [-0.2, -0.15) is 0 Å². The molecule has 0 spiro atoms. The SMILES string of the molecule is C=NC(=NC1CCC(NCc2cccc(-c3cccs3)c2)CC1)NC(=C\C)/C=C1\SC(=O)NC1=O. The number of aliphatic imine (C=N–C) groups is 2. The molecule has 2 aliphatic rings. The summed E-state index contributed by atoms with van der Waals surface area (Å²) in [5.41, 5.74) is 3.20.